The predicted molar refractivity (Wildman–Crippen MR) is 134 cm³/mol. The monoisotopic (exact) mass is 473 g/mol. The lowest BCUT2D eigenvalue weighted by molar-refractivity contribution is -0.121. The Bertz CT molecular complexity index is 1230. The summed E-state index contributed by atoms with van der Waals surface area (Å²) in [7, 11) is 1.64. The molecule has 0 spiro atoms. The summed E-state index contributed by atoms with van der Waals surface area (Å²) in [5, 5.41) is 12.3. The third-order valence-corrected chi connectivity index (χ3v) is 6.75. The SMILES string of the molecule is COc1cccc(-c2nnc(S[C@@H](C(=O)NCc3cccnc3)C(C)C)n2-c2ccccc2)c1. The van der Waals surface area contributed by atoms with Gasteiger partial charge >= 0.3 is 0 Å². The van der Waals surface area contributed by atoms with Gasteiger partial charge in [-0.1, -0.05) is 62.0 Å². The fourth-order valence-corrected chi connectivity index (χ4v) is 4.58. The number of carbonyl (C=O) groups excluding carboxylic acids is 1. The standard InChI is InChI=1S/C26H27N5O2S/c1-18(2)23(25(32)28-17-19-9-8-14-27-16-19)34-26-30-29-24(20-10-7-13-22(15-20)33-3)31(26)21-11-5-4-6-12-21/h4-16,18,23H,17H2,1-3H3,(H,28,32)/t23-/m1/s1. The lowest BCUT2D eigenvalue weighted by Gasteiger charge is -2.20. The van der Waals surface area contributed by atoms with Gasteiger partial charge in [-0.05, 0) is 41.8 Å². The number of pyridine rings is 1. The highest BCUT2D eigenvalue weighted by Gasteiger charge is 2.27. The van der Waals surface area contributed by atoms with E-state index in [0.717, 1.165) is 22.6 Å². The number of aromatic nitrogens is 4. The molecule has 2 aromatic heterocycles. The minimum atomic E-state index is -0.346. The van der Waals surface area contributed by atoms with Crippen LogP contribution in [0.1, 0.15) is 19.4 Å². The summed E-state index contributed by atoms with van der Waals surface area (Å²) in [5.41, 5.74) is 2.76. The van der Waals surface area contributed by atoms with Gasteiger partial charge in [-0.25, -0.2) is 0 Å². The molecule has 4 aromatic rings. The first-order valence-corrected chi connectivity index (χ1v) is 11.9. The molecular formula is C26H27N5O2S. The summed E-state index contributed by atoms with van der Waals surface area (Å²) in [5.74, 6) is 1.46. The second-order valence-electron chi connectivity index (χ2n) is 8.07. The summed E-state index contributed by atoms with van der Waals surface area (Å²) in [4.78, 5) is 17.3. The van der Waals surface area contributed by atoms with Crippen molar-refractivity contribution >= 4 is 17.7 Å². The maximum atomic E-state index is 13.1. The van der Waals surface area contributed by atoms with Gasteiger partial charge in [-0.2, -0.15) is 0 Å². The molecule has 174 valence electrons. The van der Waals surface area contributed by atoms with Gasteiger partial charge in [0.1, 0.15) is 5.75 Å². The first-order chi connectivity index (χ1) is 16.6. The maximum absolute atomic E-state index is 13.1. The molecule has 8 heteroatoms. The number of benzene rings is 2. The highest BCUT2D eigenvalue weighted by atomic mass is 32.2. The third kappa shape index (κ3) is 5.46. The molecule has 0 bridgehead atoms. The van der Waals surface area contributed by atoms with E-state index < -0.39 is 0 Å². The first-order valence-electron chi connectivity index (χ1n) is 11.1. The van der Waals surface area contributed by atoms with Gasteiger partial charge in [0.2, 0.25) is 5.91 Å². The molecule has 2 heterocycles. The molecule has 0 saturated heterocycles. The van der Waals surface area contributed by atoms with E-state index in [-0.39, 0.29) is 17.1 Å². The van der Waals surface area contributed by atoms with Gasteiger partial charge in [0.25, 0.3) is 0 Å². The molecule has 2 aromatic carbocycles. The van der Waals surface area contributed by atoms with Crippen molar-refractivity contribution in [1.29, 1.82) is 0 Å². The Hall–Kier alpha value is -3.65. The minimum absolute atomic E-state index is 0.0469. The summed E-state index contributed by atoms with van der Waals surface area (Å²) in [6.45, 7) is 4.50. The number of rotatable bonds is 9. The van der Waals surface area contributed by atoms with E-state index >= 15 is 0 Å². The van der Waals surface area contributed by atoms with E-state index in [1.807, 2.05) is 85.1 Å². The number of methoxy groups -OCH3 is 1. The Morgan fingerprint density at radius 2 is 1.88 bits per heavy atom. The van der Waals surface area contributed by atoms with E-state index in [0.29, 0.717) is 17.5 Å². The quantitative estimate of drug-likeness (QED) is 0.353. The summed E-state index contributed by atoms with van der Waals surface area (Å²) < 4.78 is 7.39. The van der Waals surface area contributed by atoms with Gasteiger partial charge < -0.3 is 10.1 Å². The van der Waals surface area contributed by atoms with E-state index in [9.17, 15) is 4.79 Å². The number of hydrogen-bond acceptors (Lipinski definition) is 6. The lowest BCUT2D eigenvalue weighted by atomic mass is 10.1. The van der Waals surface area contributed by atoms with Crippen LogP contribution in [0.25, 0.3) is 17.1 Å². The number of ether oxygens (including phenoxy) is 1. The zero-order valence-electron chi connectivity index (χ0n) is 19.4. The van der Waals surface area contributed by atoms with Crippen LogP contribution < -0.4 is 10.1 Å². The van der Waals surface area contributed by atoms with Gasteiger partial charge in [0, 0.05) is 30.2 Å². The van der Waals surface area contributed by atoms with Crippen molar-refractivity contribution in [2.45, 2.75) is 30.8 Å². The van der Waals surface area contributed by atoms with Crippen LogP contribution in [-0.4, -0.2) is 38.0 Å². The zero-order chi connectivity index (χ0) is 23.9. The Labute approximate surface area is 203 Å². The van der Waals surface area contributed by atoms with Gasteiger partial charge in [0.15, 0.2) is 11.0 Å². The van der Waals surface area contributed by atoms with Crippen LogP contribution >= 0.6 is 11.8 Å². The van der Waals surface area contributed by atoms with Crippen LogP contribution in [0.5, 0.6) is 5.75 Å². The number of nitrogens with zero attached hydrogens (tertiary/aromatic N) is 4. The van der Waals surface area contributed by atoms with Crippen molar-refractivity contribution in [2.24, 2.45) is 5.92 Å². The topological polar surface area (TPSA) is 81.9 Å². The number of thioether (sulfide) groups is 1. The van der Waals surface area contributed by atoms with Crippen molar-refractivity contribution in [3.8, 4) is 22.8 Å². The van der Waals surface area contributed by atoms with E-state index in [4.69, 9.17) is 4.74 Å². The van der Waals surface area contributed by atoms with Gasteiger partial charge in [0.05, 0.1) is 12.4 Å². The zero-order valence-corrected chi connectivity index (χ0v) is 20.2. The second kappa shape index (κ2) is 11.0. The van der Waals surface area contributed by atoms with Crippen LogP contribution in [0.2, 0.25) is 0 Å². The smallest absolute Gasteiger partial charge is 0.234 e. The van der Waals surface area contributed by atoms with Gasteiger partial charge in [-0.3, -0.25) is 14.3 Å². The van der Waals surface area contributed by atoms with Crippen molar-refractivity contribution in [3.63, 3.8) is 0 Å². The summed E-state index contributed by atoms with van der Waals surface area (Å²) in [6.07, 6.45) is 3.47. The molecular weight excluding hydrogens is 446 g/mol. The number of carbonyl (C=O) groups is 1. The van der Waals surface area contributed by atoms with Crippen molar-refractivity contribution in [1.82, 2.24) is 25.1 Å². The molecule has 1 amide bonds. The van der Waals surface area contributed by atoms with Crippen LogP contribution in [0, 0.1) is 5.92 Å². The number of hydrogen-bond donors (Lipinski definition) is 1. The third-order valence-electron chi connectivity index (χ3n) is 5.26. The van der Waals surface area contributed by atoms with Crippen molar-refractivity contribution < 1.29 is 9.53 Å². The molecule has 1 atom stereocenters. The molecule has 34 heavy (non-hydrogen) atoms. The fourth-order valence-electron chi connectivity index (χ4n) is 3.50. The molecule has 0 radical (unpaired) electrons. The second-order valence-corrected chi connectivity index (χ2v) is 9.18. The molecule has 1 N–H and O–H groups in total. The highest BCUT2D eigenvalue weighted by molar-refractivity contribution is 8.00. The molecule has 0 fully saturated rings. The number of nitrogens with one attached hydrogen (secondary N) is 1. The fraction of sp³-hybridized carbons (Fsp3) is 0.231. The predicted octanol–water partition coefficient (Wildman–Crippen LogP) is 4.77. The van der Waals surface area contributed by atoms with Crippen LogP contribution in [-0.2, 0) is 11.3 Å². The minimum Gasteiger partial charge on any atom is -0.497 e. The normalized spacial score (nSPS) is 11.9. The average Bonchev–Trinajstić information content (AvgIpc) is 3.30. The van der Waals surface area contributed by atoms with E-state index in [2.05, 4.69) is 20.5 Å². The molecule has 0 aliphatic rings. The molecule has 4 rings (SSSR count). The molecule has 0 saturated carbocycles. The van der Waals surface area contributed by atoms with Crippen LogP contribution in [0.15, 0.2) is 84.3 Å². The Kier molecular flexibility index (Phi) is 7.59. The van der Waals surface area contributed by atoms with Crippen LogP contribution in [0.4, 0.5) is 0 Å². The summed E-state index contributed by atoms with van der Waals surface area (Å²) in [6, 6.07) is 21.4. The number of amides is 1. The number of para-hydroxylation sites is 1. The largest absolute Gasteiger partial charge is 0.497 e. The Morgan fingerprint density at radius 1 is 1.06 bits per heavy atom. The molecule has 0 aliphatic heterocycles. The van der Waals surface area contributed by atoms with Gasteiger partial charge in [-0.15, -0.1) is 10.2 Å². The molecule has 7 nitrogen and oxygen atoms in total. The van der Waals surface area contributed by atoms with E-state index in [1.165, 1.54) is 11.8 Å². The van der Waals surface area contributed by atoms with Crippen molar-refractivity contribution in [3.05, 3.63) is 84.7 Å². The van der Waals surface area contributed by atoms with Crippen molar-refractivity contribution in [2.75, 3.05) is 7.11 Å². The molecule has 0 unspecified atom stereocenters. The van der Waals surface area contributed by atoms with Crippen LogP contribution in [0.3, 0.4) is 0 Å². The first kappa shape index (κ1) is 23.5. The van der Waals surface area contributed by atoms with E-state index in [1.54, 1.807) is 19.5 Å². The maximum Gasteiger partial charge on any atom is 0.234 e. The highest BCUT2D eigenvalue weighted by Crippen LogP contribution is 2.33. The summed E-state index contributed by atoms with van der Waals surface area (Å²) >= 11 is 1.42. The lowest BCUT2D eigenvalue weighted by Crippen LogP contribution is -2.35. The Morgan fingerprint density at radius 3 is 2.59 bits per heavy atom. The average molecular weight is 474 g/mol. The Balaban J connectivity index is 1.65. The molecule has 0 aliphatic carbocycles.